The number of benzene rings is 2. The maximum Gasteiger partial charge on any atom is 0.282 e. The number of halogens is 1. The molecular weight excluding hydrogens is 526 g/mol. The summed E-state index contributed by atoms with van der Waals surface area (Å²) in [5, 5.41) is 16.4. The molecule has 0 spiro atoms. The van der Waals surface area contributed by atoms with E-state index in [0.717, 1.165) is 21.4 Å². The highest BCUT2D eigenvalue weighted by atomic mass is 79.9. The van der Waals surface area contributed by atoms with Gasteiger partial charge in [0.2, 0.25) is 0 Å². The highest BCUT2D eigenvalue weighted by Gasteiger charge is 2.23. The van der Waals surface area contributed by atoms with Crippen LogP contribution < -0.4 is 10.3 Å². The molecule has 0 bridgehead atoms. The number of hydrogen-bond acceptors (Lipinski definition) is 6. The van der Waals surface area contributed by atoms with Crippen molar-refractivity contribution >= 4 is 38.7 Å². The molecule has 0 unspecified atom stereocenters. The average molecular weight is 552 g/mol. The molecule has 36 heavy (non-hydrogen) atoms. The average Bonchev–Trinajstić information content (AvgIpc) is 3.10. The van der Waals surface area contributed by atoms with Crippen molar-refractivity contribution in [1.29, 1.82) is 0 Å². The molecule has 0 saturated heterocycles. The summed E-state index contributed by atoms with van der Waals surface area (Å²) in [7, 11) is 1.52. The highest BCUT2D eigenvalue weighted by molar-refractivity contribution is 9.10. The number of non-ortho nitro benzene ring substituents is 1. The van der Waals surface area contributed by atoms with Gasteiger partial charge in [-0.05, 0) is 44.2 Å². The molecule has 2 aromatic heterocycles. The fourth-order valence-corrected chi connectivity index (χ4v) is 4.48. The van der Waals surface area contributed by atoms with Crippen LogP contribution in [-0.2, 0) is 5.41 Å². The Labute approximate surface area is 216 Å². The van der Waals surface area contributed by atoms with Gasteiger partial charge < -0.3 is 9.30 Å². The van der Waals surface area contributed by atoms with Crippen LogP contribution in [0.2, 0.25) is 0 Å². The SMILES string of the molecule is COc1ccc([N+](=O)[O-])cc1-n1c(C)cc(C=Nn2c(C(C)(C)C)nc3ccc(Br)cc3c2=O)c1C. The number of nitro benzene ring substituents is 1. The molecule has 10 heteroatoms. The molecule has 0 radical (unpaired) electrons. The van der Waals surface area contributed by atoms with Gasteiger partial charge in [-0.25, -0.2) is 4.98 Å². The van der Waals surface area contributed by atoms with Crippen molar-refractivity contribution in [3.8, 4) is 11.4 Å². The minimum Gasteiger partial charge on any atom is -0.495 e. The van der Waals surface area contributed by atoms with Crippen LogP contribution in [0.4, 0.5) is 5.69 Å². The standard InChI is InChI=1S/C26H26BrN5O4/c1-15-11-17(16(2)30(15)22-13-19(32(34)35)8-10-23(22)36-6)14-28-31-24(33)20-12-18(27)7-9-21(20)29-25(31)26(3,4)5/h7-14H,1-6H3. The van der Waals surface area contributed by atoms with E-state index in [-0.39, 0.29) is 11.2 Å². The van der Waals surface area contributed by atoms with Crippen LogP contribution >= 0.6 is 15.9 Å². The molecule has 4 aromatic rings. The van der Waals surface area contributed by atoms with Gasteiger partial charge in [0.1, 0.15) is 11.6 Å². The largest absolute Gasteiger partial charge is 0.495 e. The maximum atomic E-state index is 13.4. The topological polar surface area (TPSA) is 105 Å². The first-order valence-corrected chi connectivity index (χ1v) is 12.0. The zero-order valence-electron chi connectivity index (χ0n) is 20.9. The van der Waals surface area contributed by atoms with E-state index in [1.54, 1.807) is 18.3 Å². The predicted octanol–water partition coefficient (Wildman–Crippen LogP) is 5.66. The molecule has 0 N–H and O–H groups in total. The third-order valence-electron chi connectivity index (χ3n) is 5.88. The quantitative estimate of drug-likeness (QED) is 0.181. The number of fused-ring (bicyclic) bond motifs is 1. The lowest BCUT2D eigenvalue weighted by Crippen LogP contribution is -2.29. The molecule has 2 aromatic carbocycles. The molecule has 0 fully saturated rings. The number of ether oxygens (including phenoxy) is 1. The van der Waals surface area contributed by atoms with Gasteiger partial charge in [-0.3, -0.25) is 14.9 Å². The Morgan fingerprint density at radius 2 is 1.86 bits per heavy atom. The molecule has 186 valence electrons. The maximum absolute atomic E-state index is 13.4. The minimum absolute atomic E-state index is 0.0386. The van der Waals surface area contributed by atoms with Crippen LogP contribution in [0.3, 0.4) is 0 Å². The molecule has 9 nitrogen and oxygen atoms in total. The van der Waals surface area contributed by atoms with Crippen molar-refractivity contribution in [1.82, 2.24) is 14.2 Å². The Balaban J connectivity index is 1.88. The van der Waals surface area contributed by atoms with E-state index in [2.05, 4.69) is 21.0 Å². The van der Waals surface area contributed by atoms with Crippen molar-refractivity contribution in [2.24, 2.45) is 5.10 Å². The summed E-state index contributed by atoms with van der Waals surface area (Å²) in [4.78, 5) is 29.1. The van der Waals surface area contributed by atoms with Crippen LogP contribution in [0.15, 0.2) is 56.8 Å². The second kappa shape index (κ2) is 9.34. The van der Waals surface area contributed by atoms with Crippen molar-refractivity contribution in [2.75, 3.05) is 7.11 Å². The van der Waals surface area contributed by atoms with Crippen LogP contribution in [0.1, 0.15) is 43.5 Å². The van der Waals surface area contributed by atoms with Gasteiger partial charge in [0.05, 0.1) is 34.8 Å². The highest BCUT2D eigenvalue weighted by Crippen LogP contribution is 2.31. The Bertz CT molecular complexity index is 1590. The molecule has 0 aliphatic rings. The number of hydrogen-bond donors (Lipinski definition) is 0. The fraction of sp³-hybridized carbons (Fsp3) is 0.269. The van der Waals surface area contributed by atoms with Crippen molar-refractivity contribution < 1.29 is 9.66 Å². The Hall–Kier alpha value is -3.79. The number of methoxy groups -OCH3 is 1. The Morgan fingerprint density at radius 1 is 1.14 bits per heavy atom. The number of nitro groups is 1. The van der Waals surface area contributed by atoms with E-state index in [9.17, 15) is 14.9 Å². The molecule has 0 atom stereocenters. The smallest absolute Gasteiger partial charge is 0.282 e. The molecule has 0 amide bonds. The van der Waals surface area contributed by atoms with Crippen LogP contribution in [-0.4, -0.2) is 32.5 Å². The van der Waals surface area contributed by atoms with Gasteiger partial charge in [-0.15, -0.1) is 0 Å². The lowest BCUT2D eigenvalue weighted by atomic mass is 9.95. The van der Waals surface area contributed by atoms with Gasteiger partial charge >= 0.3 is 0 Å². The van der Waals surface area contributed by atoms with Crippen molar-refractivity contribution in [3.63, 3.8) is 0 Å². The Kier molecular flexibility index (Phi) is 6.57. The third kappa shape index (κ3) is 4.56. The third-order valence-corrected chi connectivity index (χ3v) is 6.37. The normalized spacial score (nSPS) is 12.0. The zero-order valence-corrected chi connectivity index (χ0v) is 22.5. The summed E-state index contributed by atoms with van der Waals surface area (Å²) in [5.41, 5.74) is 2.78. The van der Waals surface area contributed by atoms with E-state index in [0.29, 0.717) is 28.2 Å². The van der Waals surface area contributed by atoms with E-state index in [1.165, 1.54) is 23.9 Å². The Morgan fingerprint density at radius 3 is 2.50 bits per heavy atom. The molecule has 2 heterocycles. The van der Waals surface area contributed by atoms with Gasteiger partial charge in [0.25, 0.3) is 11.2 Å². The molecule has 0 aliphatic heterocycles. The van der Waals surface area contributed by atoms with Crippen LogP contribution in [0, 0.1) is 24.0 Å². The molecule has 0 aliphatic carbocycles. The number of aryl methyl sites for hydroxylation is 1. The summed E-state index contributed by atoms with van der Waals surface area (Å²) in [6, 6.07) is 11.8. The van der Waals surface area contributed by atoms with E-state index < -0.39 is 10.3 Å². The van der Waals surface area contributed by atoms with Crippen LogP contribution in [0.25, 0.3) is 16.6 Å². The van der Waals surface area contributed by atoms with Gasteiger partial charge in [-0.2, -0.15) is 9.78 Å². The zero-order chi connectivity index (χ0) is 26.4. The number of rotatable bonds is 5. The van der Waals surface area contributed by atoms with Crippen molar-refractivity contribution in [3.05, 3.63) is 90.2 Å². The van der Waals surface area contributed by atoms with E-state index >= 15 is 0 Å². The predicted molar refractivity (Wildman–Crippen MR) is 144 cm³/mol. The first-order chi connectivity index (χ1) is 16.9. The lowest BCUT2D eigenvalue weighted by molar-refractivity contribution is -0.384. The second-order valence-electron chi connectivity index (χ2n) is 9.48. The van der Waals surface area contributed by atoms with Crippen molar-refractivity contribution in [2.45, 2.75) is 40.0 Å². The van der Waals surface area contributed by atoms with E-state index in [1.807, 2.05) is 57.4 Å². The summed E-state index contributed by atoms with van der Waals surface area (Å²) < 4.78 is 9.46. The molecule has 4 rings (SSSR count). The summed E-state index contributed by atoms with van der Waals surface area (Å²) in [5.74, 6) is 1.04. The first-order valence-electron chi connectivity index (χ1n) is 11.2. The lowest BCUT2D eigenvalue weighted by Gasteiger charge is -2.20. The van der Waals surface area contributed by atoms with Gasteiger partial charge in [-0.1, -0.05) is 36.7 Å². The number of aromatic nitrogens is 3. The molecular formula is C26H26BrN5O4. The summed E-state index contributed by atoms with van der Waals surface area (Å²) in [6.07, 6.45) is 1.62. The first kappa shape index (κ1) is 25.3. The fourth-order valence-electron chi connectivity index (χ4n) is 4.12. The number of nitrogens with zero attached hydrogens (tertiary/aromatic N) is 5. The molecule has 0 saturated carbocycles. The summed E-state index contributed by atoms with van der Waals surface area (Å²) >= 11 is 3.42. The monoisotopic (exact) mass is 551 g/mol. The minimum atomic E-state index is -0.439. The van der Waals surface area contributed by atoms with Crippen LogP contribution in [0.5, 0.6) is 5.75 Å². The second-order valence-corrected chi connectivity index (χ2v) is 10.4. The summed E-state index contributed by atoms with van der Waals surface area (Å²) in [6.45, 7) is 9.71. The van der Waals surface area contributed by atoms with Gasteiger partial charge in [0.15, 0.2) is 0 Å². The van der Waals surface area contributed by atoms with Gasteiger partial charge in [0, 0.05) is 39.0 Å². The van der Waals surface area contributed by atoms with E-state index in [4.69, 9.17) is 9.72 Å².